The lowest BCUT2D eigenvalue weighted by Crippen LogP contribution is -2.25. The van der Waals surface area contributed by atoms with Crippen molar-refractivity contribution in [2.24, 2.45) is 0 Å². The van der Waals surface area contributed by atoms with Gasteiger partial charge in [-0.25, -0.2) is 0 Å². The molecule has 0 N–H and O–H groups in total. The van der Waals surface area contributed by atoms with Gasteiger partial charge in [-0.3, -0.25) is 0 Å². The summed E-state index contributed by atoms with van der Waals surface area (Å²) in [6.45, 7) is 7.50. The summed E-state index contributed by atoms with van der Waals surface area (Å²) in [4.78, 5) is -0.845. The molecular formula is C10H14Br2Cl2. The van der Waals surface area contributed by atoms with Crippen molar-refractivity contribution in [3.05, 3.63) is 24.8 Å². The van der Waals surface area contributed by atoms with Crippen LogP contribution >= 0.6 is 55.1 Å². The zero-order valence-corrected chi connectivity index (χ0v) is 12.9. The molecule has 0 saturated carbocycles. The molecule has 0 aromatic carbocycles. The normalized spacial score (nSPS) is 22.7. The Balaban J connectivity index is 4.46. The lowest BCUT2D eigenvalue weighted by atomic mass is 10.1. The van der Waals surface area contributed by atoms with E-state index in [1.54, 1.807) is 6.08 Å². The van der Waals surface area contributed by atoms with Gasteiger partial charge in [0.25, 0.3) is 0 Å². The standard InChI is InChI=1S/C10H14Br2Cl2/c1-4-10(3,14)8(12)5-6-9(2,13)7-11/h4-6,8H,1,7H2,2-3H3/t8-,9-,10+/m0/s1. The van der Waals surface area contributed by atoms with Crippen molar-refractivity contribution in [3.8, 4) is 0 Å². The van der Waals surface area contributed by atoms with E-state index in [4.69, 9.17) is 23.2 Å². The SMILES string of the molecule is C=C[C@@](C)(Cl)[C@@H](Br)C=C[C@](C)(Cl)CBr. The van der Waals surface area contributed by atoms with E-state index < -0.39 is 4.87 Å². The second-order valence-corrected chi connectivity index (χ2v) is 6.75. The van der Waals surface area contributed by atoms with Gasteiger partial charge in [-0.15, -0.1) is 29.8 Å². The summed E-state index contributed by atoms with van der Waals surface area (Å²) in [5, 5.41) is 0.699. The minimum absolute atomic E-state index is 0.0197. The second-order valence-electron chi connectivity index (χ2n) is 3.53. The van der Waals surface area contributed by atoms with Gasteiger partial charge in [0.1, 0.15) is 0 Å². The van der Waals surface area contributed by atoms with Crippen molar-refractivity contribution in [2.75, 3.05) is 5.33 Å². The minimum Gasteiger partial charge on any atom is -0.114 e. The number of alkyl halides is 4. The Morgan fingerprint density at radius 3 is 2.29 bits per heavy atom. The fourth-order valence-electron chi connectivity index (χ4n) is 0.630. The Morgan fingerprint density at radius 1 is 1.43 bits per heavy atom. The van der Waals surface area contributed by atoms with Crippen LogP contribution in [-0.2, 0) is 0 Å². The maximum atomic E-state index is 6.17. The van der Waals surface area contributed by atoms with Crippen LogP contribution in [0.25, 0.3) is 0 Å². The van der Waals surface area contributed by atoms with Crippen molar-refractivity contribution in [1.82, 2.24) is 0 Å². The number of halogens is 4. The molecule has 0 saturated heterocycles. The van der Waals surface area contributed by atoms with Gasteiger partial charge in [0.05, 0.1) is 14.6 Å². The molecule has 0 aliphatic heterocycles. The Bertz CT molecular complexity index is 222. The van der Waals surface area contributed by atoms with Gasteiger partial charge in [-0.2, -0.15) is 0 Å². The number of hydrogen-bond acceptors (Lipinski definition) is 0. The zero-order valence-electron chi connectivity index (χ0n) is 8.24. The first-order chi connectivity index (χ1) is 6.25. The van der Waals surface area contributed by atoms with E-state index in [9.17, 15) is 0 Å². The first-order valence-electron chi connectivity index (χ1n) is 4.16. The molecule has 0 heterocycles. The van der Waals surface area contributed by atoms with E-state index in [0.717, 1.165) is 0 Å². The first kappa shape index (κ1) is 15.0. The zero-order chi connectivity index (χ0) is 11.4. The molecule has 0 radical (unpaired) electrons. The molecule has 4 heteroatoms. The van der Waals surface area contributed by atoms with Crippen LogP contribution in [-0.4, -0.2) is 19.9 Å². The van der Waals surface area contributed by atoms with Crippen molar-refractivity contribution >= 4 is 55.1 Å². The van der Waals surface area contributed by atoms with Gasteiger partial charge < -0.3 is 0 Å². The third-order valence-electron chi connectivity index (χ3n) is 1.81. The highest BCUT2D eigenvalue weighted by atomic mass is 79.9. The first-order valence-corrected chi connectivity index (χ1v) is 6.95. The van der Waals surface area contributed by atoms with E-state index in [1.807, 2.05) is 26.0 Å². The maximum Gasteiger partial charge on any atom is 0.0754 e. The average molecular weight is 365 g/mol. The highest BCUT2D eigenvalue weighted by molar-refractivity contribution is 9.09. The van der Waals surface area contributed by atoms with E-state index in [-0.39, 0.29) is 9.70 Å². The van der Waals surface area contributed by atoms with E-state index in [1.165, 1.54) is 0 Å². The predicted molar refractivity (Wildman–Crippen MR) is 74.4 cm³/mol. The molecule has 0 unspecified atom stereocenters. The predicted octanol–water partition coefficient (Wildman–Crippen LogP) is 4.88. The smallest absolute Gasteiger partial charge is 0.0754 e. The van der Waals surface area contributed by atoms with Gasteiger partial charge in [0.15, 0.2) is 0 Å². The van der Waals surface area contributed by atoms with Crippen LogP contribution in [0.4, 0.5) is 0 Å². The molecule has 0 aromatic rings. The largest absolute Gasteiger partial charge is 0.114 e. The third kappa shape index (κ3) is 5.20. The lowest BCUT2D eigenvalue weighted by molar-refractivity contribution is 0.807. The van der Waals surface area contributed by atoms with Crippen LogP contribution in [0.2, 0.25) is 0 Å². The Morgan fingerprint density at radius 2 is 1.93 bits per heavy atom. The van der Waals surface area contributed by atoms with E-state index >= 15 is 0 Å². The molecule has 0 aliphatic rings. The molecular weight excluding hydrogens is 351 g/mol. The highest BCUT2D eigenvalue weighted by Gasteiger charge is 2.25. The van der Waals surface area contributed by atoms with E-state index in [0.29, 0.717) is 5.33 Å². The fraction of sp³-hybridized carbons (Fsp3) is 0.600. The molecule has 3 atom stereocenters. The van der Waals surface area contributed by atoms with Crippen LogP contribution in [0.5, 0.6) is 0 Å². The Labute approximate surface area is 113 Å². The quantitative estimate of drug-likeness (QED) is 0.481. The van der Waals surface area contributed by atoms with Crippen LogP contribution in [0, 0.1) is 0 Å². The van der Waals surface area contributed by atoms with Gasteiger partial charge in [-0.05, 0) is 13.8 Å². The molecule has 0 rings (SSSR count). The summed E-state index contributed by atoms with van der Waals surface area (Å²) >= 11 is 19.1. The Hall–Kier alpha value is 1.02. The number of hydrogen-bond donors (Lipinski definition) is 0. The molecule has 0 amide bonds. The molecule has 0 nitrogen and oxygen atoms in total. The summed E-state index contributed by atoms with van der Waals surface area (Å²) in [6, 6.07) is 0. The minimum atomic E-state index is -0.490. The van der Waals surface area contributed by atoms with Crippen molar-refractivity contribution in [1.29, 1.82) is 0 Å². The van der Waals surface area contributed by atoms with Gasteiger partial charge >= 0.3 is 0 Å². The van der Waals surface area contributed by atoms with Crippen LogP contribution in [0.15, 0.2) is 24.8 Å². The molecule has 0 fully saturated rings. The molecule has 0 bridgehead atoms. The number of allylic oxidation sites excluding steroid dienone is 3. The highest BCUT2D eigenvalue weighted by Crippen LogP contribution is 2.29. The molecule has 82 valence electrons. The van der Waals surface area contributed by atoms with E-state index in [2.05, 4.69) is 38.4 Å². The van der Waals surface area contributed by atoms with Gasteiger partial charge in [0, 0.05) is 5.33 Å². The van der Waals surface area contributed by atoms with Gasteiger partial charge in [-0.1, -0.05) is 50.1 Å². The van der Waals surface area contributed by atoms with Gasteiger partial charge in [0.2, 0.25) is 0 Å². The molecule has 14 heavy (non-hydrogen) atoms. The molecule has 0 aliphatic carbocycles. The Kier molecular flexibility index (Phi) is 6.36. The lowest BCUT2D eigenvalue weighted by Gasteiger charge is -2.22. The second kappa shape index (κ2) is 5.93. The average Bonchev–Trinajstić information content (AvgIpc) is 2.14. The summed E-state index contributed by atoms with van der Waals surface area (Å²) in [7, 11) is 0. The van der Waals surface area contributed by atoms with Crippen LogP contribution in [0.3, 0.4) is 0 Å². The third-order valence-corrected chi connectivity index (χ3v) is 5.47. The van der Waals surface area contributed by atoms with Crippen LogP contribution in [0.1, 0.15) is 13.8 Å². The summed E-state index contributed by atoms with van der Waals surface area (Å²) < 4.78 is 0. The number of rotatable bonds is 5. The van der Waals surface area contributed by atoms with Crippen LogP contribution < -0.4 is 0 Å². The van der Waals surface area contributed by atoms with Crippen molar-refractivity contribution in [3.63, 3.8) is 0 Å². The summed E-state index contributed by atoms with van der Waals surface area (Å²) in [5.74, 6) is 0. The maximum absolute atomic E-state index is 6.17. The van der Waals surface area contributed by atoms with Crippen molar-refractivity contribution < 1.29 is 0 Å². The van der Waals surface area contributed by atoms with Crippen molar-refractivity contribution in [2.45, 2.75) is 28.4 Å². The summed E-state index contributed by atoms with van der Waals surface area (Å²) in [6.07, 6.45) is 5.58. The summed E-state index contributed by atoms with van der Waals surface area (Å²) in [5.41, 5.74) is 0. The molecule has 0 spiro atoms. The topological polar surface area (TPSA) is 0 Å². The molecule has 0 aromatic heterocycles. The monoisotopic (exact) mass is 362 g/mol. The fourth-order valence-corrected chi connectivity index (χ4v) is 1.30.